The van der Waals surface area contributed by atoms with E-state index in [0.29, 0.717) is 27.9 Å². The van der Waals surface area contributed by atoms with E-state index in [2.05, 4.69) is 32.5 Å². The first-order chi connectivity index (χ1) is 21.4. The highest BCUT2D eigenvalue weighted by Crippen LogP contribution is 2.33. The van der Waals surface area contributed by atoms with E-state index in [4.69, 9.17) is 9.47 Å². The van der Waals surface area contributed by atoms with Crippen molar-refractivity contribution >= 4 is 22.5 Å². The summed E-state index contributed by atoms with van der Waals surface area (Å²) in [5.74, 6) is 4.40. The van der Waals surface area contributed by atoms with Gasteiger partial charge in [0.2, 0.25) is 0 Å². The van der Waals surface area contributed by atoms with E-state index in [0.717, 1.165) is 36.7 Å². The quantitative estimate of drug-likeness (QED) is 0.304. The molecule has 45 heavy (non-hydrogen) atoms. The van der Waals surface area contributed by atoms with Crippen molar-refractivity contribution in [2.24, 2.45) is 5.92 Å². The van der Waals surface area contributed by atoms with Gasteiger partial charge in [-0.05, 0) is 56.5 Å². The molecule has 0 aliphatic carbocycles. The Kier molecular flexibility index (Phi) is 9.95. The number of hydrogen-bond donors (Lipinski definition) is 2. The van der Waals surface area contributed by atoms with Gasteiger partial charge in [0.05, 0.1) is 55.9 Å². The average molecular weight is 641 g/mol. The molecule has 1 amide bonds. The molecular weight excluding hydrogens is 606 g/mol. The van der Waals surface area contributed by atoms with E-state index in [1.807, 2.05) is 13.1 Å². The second-order valence-electron chi connectivity index (χ2n) is 11.2. The van der Waals surface area contributed by atoms with Crippen molar-refractivity contribution in [2.45, 2.75) is 44.3 Å². The average Bonchev–Trinajstić information content (AvgIpc) is 3.55. The maximum atomic E-state index is 13.9. The number of benzene rings is 1. The molecule has 1 fully saturated rings. The van der Waals surface area contributed by atoms with Gasteiger partial charge in [-0.25, -0.2) is 0 Å². The molecule has 0 saturated carbocycles. The molecule has 2 aliphatic rings. The molecule has 244 valence electrons. The minimum Gasteiger partial charge on any atom is -0.381 e. The highest BCUT2D eigenvalue weighted by molar-refractivity contribution is 5.96. The summed E-state index contributed by atoms with van der Waals surface area (Å²) in [5, 5.41) is 10.2. The monoisotopic (exact) mass is 640 g/mol. The SMILES string of the molecule is CN1CC[C@@H]2Nc3cccc4c3cc(n4CC(F)(F)F)C#CCNC(=O)c3cnn(c3C(F)(F)F)CCOCCOCC[C@H]2C1. The molecule has 2 atom stereocenters. The van der Waals surface area contributed by atoms with Crippen LogP contribution in [0.4, 0.5) is 32.0 Å². The van der Waals surface area contributed by atoms with Gasteiger partial charge in [0, 0.05) is 30.3 Å². The van der Waals surface area contributed by atoms with Crippen LogP contribution >= 0.6 is 0 Å². The van der Waals surface area contributed by atoms with Crippen LogP contribution in [0.2, 0.25) is 0 Å². The number of halogens is 6. The van der Waals surface area contributed by atoms with Crippen LogP contribution in [-0.4, -0.2) is 90.5 Å². The molecule has 1 aromatic carbocycles. The van der Waals surface area contributed by atoms with Gasteiger partial charge in [-0.2, -0.15) is 31.4 Å². The predicted molar refractivity (Wildman–Crippen MR) is 154 cm³/mol. The van der Waals surface area contributed by atoms with Crippen molar-refractivity contribution in [2.75, 3.05) is 58.4 Å². The summed E-state index contributed by atoms with van der Waals surface area (Å²) in [4.78, 5) is 14.9. The number of alkyl halides is 6. The number of amides is 1. The predicted octanol–water partition coefficient (Wildman–Crippen LogP) is 4.37. The molecule has 2 aliphatic heterocycles. The van der Waals surface area contributed by atoms with Crippen molar-refractivity contribution in [3.8, 4) is 11.8 Å². The van der Waals surface area contributed by atoms with Crippen LogP contribution in [0.1, 0.15) is 34.6 Å². The van der Waals surface area contributed by atoms with Crippen LogP contribution < -0.4 is 10.6 Å². The number of anilines is 1. The van der Waals surface area contributed by atoms with Crippen molar-refractivity contribution in [3.63, 3.8) is 0 Å². The normalized spacial score (nSPS) is 21.4. The summed E-state index contributed by atoms with van der Waals surface area (Å²) in [7, 11) is 2.03. The van der Waals surface area contributed by atoms with Gasteiger partial charge in [-0.15, -0.1) is 0 Å². The number of piperidine rings is 1. The summed E-state index contributed by atoms with van der Waals surface area (Å²) in [6.07, 6.45) is -7.06. The first-order valence-electron chi connectivity index (χ1n) is 14.6. The smallest absolute Gasteiger partial charge is 0.381 e. The van der Waals surface area contributed by atoms with Crippen molar-refractivity contribution in [3.05, 3.63) is 47.4 Å². The maximum absolute atomic E-state index is 13.9. The van der Waals surface area contributed by atoms with E-state index in [1.54, 1.807) is 18.2 Å². The largest absolute Gasteiger partial charge is 0.433 e. The van der Waals surface area contributed by atoms with Gasteiger partial charge in [0.1, 0.15) is 6.54 Å². The Balaban J connectivity index is 1.48. The number of nitrogens with zero attached hydrogens (tertiary/aromatic N) is 4. The number of fused-ring (bicyclic) bond motifs is 4. The fourth-order valence-corrected chi connectivity index (χ4v) is 5.84. The molecule has 0 spiro atoms. The molecule has 4 heterocycles. The van der Waals surface area contributed by atoms with Crippen LogP contribution in [0.3, 0.4) is 0 Å². The fourth-order valence-electron chi connectivity index (χ4n) is 5.84. The number of carbonyl (C=O) groups is 1. The number of aromatic nitrogens is 3. The molecule has 4 bridgehead atoms. The number of carbonyl (C=O) groups excluding carboxylic acids is 1. The van der Waals surface area contributed by atoms with Crippen molar-refractivity contribution in [1.82, 2.24) is 24.6 Å². The van der Waals surface area contributed by atoms with Gasteiger partial charge >= 0.3 is 12.4 Å². The zero-order valence-corrected chi connectivity index (χ0v) is 24.6. The Hall–Kier alpha value is -3.74. The van der Waals surface area contributed by atoms with Gasteiger partial charge in [-0.1, -0.05) is 12.0 Å². The molecular formula is C30H34F6N6O3. The van der Waals surface area contributed by atoms with E-state index in [-0.39, 0.29) is 44.0 Å². The molecule has 0 radical (unpaired) electrons. The maximum Gasteiger partial charge on any atom is 0.433 e. The lowest BCUT2D eigenvalue weighted by atomic mass is 9.89. The van der Waals surface area contributed by atoms with E-state index in [9.17, 15) is 31.1 Å². The third-order valence-corrected chi connectivity index (χ3v) is 7.92. The summed E-state index contributed by atoms with van der Waals surface area (Å²) < 4.78 is 95.6. The van der Waals surface area contributed by atoms with Gasteiger partial charge in [0.25, 0.3) is 5.91 Å². The Morgan fingerprint density at radius 2 is 1.82 bits per heavy atom. The van der Waals surface area contributed by atoms with E-state index in [1.165, 1.54) is 0 Å². The Morgan fingerprint density at radius 3 is 2.58 bits per heavy atom. The first-order valence-corrected chi connectivity index (χ1v) is 14.6. The zero-order chi connectivity index (χ0) is 32.2. The summed E-state index contributed by atoms with van der Waals surface area (Å²) >= 11 is 0. The number of hydrogen-bond acceptors (Lipinski definition) is 6. The number of likely N-dealkylation sites (tertiary alicyclic amines) is 1. The molecule has 2 aromatic heterocycles. The summed E-state index contributed by atoms with van der Waals surface area (Å²) in [6, 6.07) is 6.70. The van der Waals surface area contributed by atoms with Crippen molar-refractivity contribution < 1.29 is 40.6 Å². The molecule has 1 saturated heterocycles. The molecule has 2 N–H and O–H groups in total. The fraction of sp³-hybridized carbons (Fsp3) is 0.533. The topological polar surface area (TPSA) is 85.6 Å². The number of rotatable bonds is 1. The van der Waals surface area contributed by atoms with Crippen LogP contribution in [0.25, 0.3) is 10.9 Å². The highest BCUT2D eigenvalue weighted by atomic mass is 19.4. The van der Waals surface area contributed by atoms with Gasteiger partial charge < -0.3 is 29.6 Å². The molecule has 15 heteroatoms. The lowest BCUT2D eigenvalue weighted by Crippen LogP contribution is -2.45. The van der Waals surface area contributed by atoms with Gasteiger partial charge in [0.15, 0.2) is 5.69 Å². The minimum atomic E-state index is -4.88. The highest BCUT2D eigenvalue weighted by Gasteiger charge is 2.40. The zero-order valence-electron chi connectivity index (χ0n) is 24.6. The van der Waals surface area contributed by atoms with Crippen LogP contribution in [0.5, 0.6) is 0 Å². The molecule has 5 rings (SSSR count). The van der Waals surface area contributed by atoms with E-state index < -0.39 is 42.6 Å². The van der Waals surface area contributed by atoms with Crippen molar-refractivity contribution in [1.29, 1.82) is 0 Å². The third-order valence-electron chi connectivity index (χ3n) is 7.92. The second-order valence-corrected chi connectivity index (χ2v) is 11.2. The minimum absolute atomic E-state index is 0.0468. The van der Waals surface area contributed by atoms with Gasteiger partial charge in [-0.3, -0.25) is 9.48 Å². The first kappa shape index (κ1) is 32.6. The number of ether oxygens (including phenoxy) is 2. The third kappa shape index (κ3) is 8.11. The Morgan fingerprint density at radius 1 is 1.04 bits per heavy atom. The van der Waals surface area contributed by atoms with Crippen LogP contribution in [0, 0.1) is 17.8 Å². The molecule has 9 nitrogen and oxygen atoms in total. The Labute approximate surface area is 255 Å². The van der Waals surface area contributed by atoms with E-state index >= 15 is 0 Å². The van der Waals surface area contributed by atoms with Crippen LogP contribution in [0.15, 0.2) is 30.5 Å². The molecule has 0 unspecified atom stereocenters. The lowest BCUT2D eigenvalue weighted by molar-refractivity contribution is -0.145. The van der Waals surface area contributed by atoms with Crippen LogP contribution in [-0.2, 0) is 28.7 Å². The number of nitrogens with one attached hydrogen (secondary N) is 2. The molecule has 3 aromatic rings. The lowest BCUT2D eigenvalue weighted by Gasteiger charge is -2.38. The second kappa shape index (κ2) is 13.7. The summed E-state index contributed by atoms with van der Waals surface area (Å²) in [5.41, 5.74) is -0.867. The Bertz CT molecular complexity index is 1550. The standard InChI is InChI=1S/C30H34F6N6O3/c1-40-10-7-24-20(18-40)8-12-44-14-15-45-13-11-42-27(30(34,35)36)23(17-38-42)28(43)37-9-3-4-21-16-22-25(39-24)5-2-6-26(22)41(21)19-29(31,32)33/h2,5-6,16-17,20,24,39H,7-15,18-19H2,1H3,(H,37,43)/t20-,24-/m0/s1. The summed E-state index contributed by atoms with van der Waals surface area (Å²) in [6.45, 7) is 0.487.